The number of carboxylic acids is 1. The molecule has 0 radical (unpaired) electrons. The number of aliphatic hydroxyl groups is 1. The number of hydrogen-bond acceptors (Lipinski definition) is 4. The number of hydroxylamine groups is 1. The molecule has 76 valence electrons. The van der Waals surface area contributed by atoms with E-state index in [9.17, 15) is 15.1 Å². The quantitative estimate of drug-likeness (QED) is 0.488. The number of aliphatic carboxylic acids is 1. The zero-order chi connectivity index (χ0) is 10.6. The number of anilines is 1. The van der Waals surface area contributed by atoms with Crippen molar-refractivity contribution in [3.63, 3.8) is 0 Å². The number of aliphatic hydroxyl groups excluding tert-OH is 1. The maximum absolute atomic E-state index is 10.2. The van der Waals surface area contributed by atoms with Gasteiger partial charge in [-0.2, -0.15) is 0 Å². The van der Waals surface area contributed by atoms with Crippen LogP contribution in [0.4, 0.5) is 5.69 Å². The number of nitrogens with zero attached hydrogens (tertiary/aromatic N) is 1. The summed E-state index contributed by atoms with van der Waals surface area (Å²) in [7, 11) is 0. The zero-order valence-corrected chi connectivity index (χ0v) is 7.37. The van der Waals surface area contributed by atoms with Crippen LogP contribution >= 0.6 is 0 Å². The van der Waals surface area contributed by atoms with E-state index in [0.717, 1.165) is 0 Å². The predicted molar refractivity (Wildman–Crippen MR) is 49.0 cm³/mol. The molecule has 0 saturated carbocycles. The van der Waals surface area contributed by atoms with Crippen molar-refractivity contribution in [2.75, 3.05) is 5.06 Å². The van der Waals surface area contributed by atoms with E-state index in [4.69, 9.17) is 5.11 Å². The van der Waals surface area contributed by atoms with E-state index in [-0.39, 0.29) is 0 Å². The second-order valence-electron chi connectivity index (χ2n) is 2.76. The van der Waals surface area contributed by atoms with Gasteiger partial charge in [0.05, 0.1) is 12.1 Å². The van der Waals surface area contributed by atoms with Gasteiger partial charge in [-0.05, 0) is 12.1 Å². The summed E-state index contributed by atoms with van der Waals surface area (Å²) < 4.78 is 0. The van der Waals surface area contributed by atoms with Crippen LogP contribution in [0.1, 0.15) is 6.42 Å². The lowest BCUT2D eigenvalue weighted by molar-refractivity contribution is -0.140. The van der Waals surface area contributed by atoms with Gasteiger partial charge in [-0.25, -0.2) is 5.06 Å². The van der Waals surface area contributed by atoms with Crippen molar-refractivity contribution in [1.29, 1.82) is 0 Å². The largest absolute Gasteiger partial charge is 0.481 e. The lowest BCUT2D eigenvalue weighted by Gasteiger charge is -2.21. The highest BCUT2D eigenvalue weighted by Crippen LogP contribution is 2.13. The van der Waals surface area contributed by atoms with Crippen molar-refractivity contribution in [3.8, 4) is 0 Å². The maximum Gasteiger partial charge on any atom is 0.308 e. The molecule has 0 aliphatic carbocycles. The van der Waals surface area contributed by atoms with Gasteiger partial charge in [0.15, 0.2) is 6.23 Å². The van der Waals surface area contributed by atoms with Crippen LogP contribution in [0.3, 0.4) is 0 Å². The molecule has 5 nitrogen and oxygen atoms in total. The number of hydrogen-bond donors (Lipinski definition) is 3. The highest BCUT2D eigenvalue weighted by atomic mass is 16.5. The van der Waals surface area contributed by atoms with Crippen molar-refractivity contribution < 1.29 is 20.2 Å². The first-order chi connectivity index (χ1) is 6.61. The summed E-state index contributed by atoms with van der Waals surface area (Å²) in [6.45, 7) is 0. The van der Waals surface area contributed by atoms with Gasteiger partial charge < -0.3 is 10.2 Å². The van der Waals surface area contributed by atoms with Crippen LogP contribution in [-0.2, 0) is 4.79 Å². The Morgan fingerprint density at radius 2 is 1.93 bits per heavy atom. The van der Waals surface area contributed by atoms with Crippen molar-refractivity contribution in [2.45, 2.75) is 12.6 Å². The molecule has 3 N–H and O–H groups in total. The lowest BCUT2D eigenvalue weighted by Crippen LogP contribution is -2.33. The van der Waals surface area contributed by atoms with E-state index < -0.39 is 18.6 Å². The molecule has 0 spiro atoms. The Bertz CT molecular complexity index is 301. The Hall–Kier alpha value is -1.59. The standard InChI is InChI=1S/C9H11NO4/c11-8(6-9(12)13)10(14)7-4-2-1-3-5-7/h1-5,8,11,14H,6H2,(H,12,13). The van der Waals surface area contributed by atoms with Gasteiger partial charge in [-0.15, -0.1) is 0 Å². The summed E-state index contributed by atoms with van der Waals surface area (Å²) in [5.41, 5.74) is 0.348. The number of para-hydroxylation sites is 1. The van der Waals surface area contributed by atoms with Crippen molar-refractivity contribution >= 4 is 11.7 Å². The average Bonchev–Trinajstić information content (AvgIpc) is 2.17. The fourth-order valence-corrected chi connectivity index (χ4v) is 0.995. The first-order valence-electron chi connectivity index (χ1n) is 4.04. The Labute approximate surface area is 80.8 Å². The number of carboxylic acid groups (broad SMARTS) is 1. The van der Waals surface area contributed by atoms with Crippen LogP contribution in [0.5, 0.6) is 0 Å². The minimum absolute atomic E-state index is 0.348. The smallest absolute Gasteiger partial charge is 0.308 e. The van der Waals surface area contributed by atoms with Crippen LogP contribution < -0.4 is 5.06 Å². The third-order valence-corrected chi connectivity index (χ3v) is 1.66. The highest BCUT2D eigenvalue weighted by molar-refractivity contribution is 5.67. The second-order valence-corrected chi connectivity index (χ2v) is 2.76. The summed E-state index contributed by atoms with van der Waals surface area (Å²) >= 11 is 0. The molecule has 1 aromatic rings. The lowest BCUT2D eigenvalue weighted by atomic mass is 10.3. The molecular formula is C9H11NO4. The molecular weight excluding hydrogens is 186 g/mol. The second kappa shape index (κ2) is 4.59. The molecule has 14 heavy (non-hydrogen) atoms. The Balaban J connectivity index is 2.65. The third kappa shape index (κ3) is 2.72. The van der Waals surface area contributed by atoms with Gasteiger partial charge in [0.1, 0.15) is 0 Å². The highest BCUT2D eigenvalue weighted by Gasteiger charge is 2.16. The molecule has 1 rings (SSSR count). The zero-order valence-electron chi connectivity index (χ0n) is 7.37. The van der Waals surface area contributed by atoms with E-state index in [0.29, 0.717) is 10.8 Å². The van der Waals surface area contributed by atoms with Gasteiger partial charge in [0.2, 0.25) is 0 Å². The summed E-state index contributed by atoms with van der Waals surface area (Å²) in [5.74, 6) is -1.17. The summed E-state index contributed by atoms with van der Waals surface area (Å²) in [4.78, 5) is 10.2. The van der Waals surface area contributed by atoms with Gasteiger partial charge in [0, 0.05) is 0 Å². The molecule has 5 heteroatoms. The number of carbonyl (C=O) groups is 1. The van der Waals surface area contributed by atoms with Crippen LogP contribution in [0.25, 0.3) is 0 Å². The average molecular weight is 197 g/mol. The predicted octanol–water partition coefficient (Wildman–Crippen LogP) is 0.675. The summed E-state index contributed by atoms with van der Waals surface area (Å²) in [6, 6.07) is 8.22. The van der Waals surface area contributed by atoms with E-state index in [1.165, 1.54) is 0 Å². The Kier molecular flexibility index (Phi) is 3.44. The molecule has 0 bridgehead atoms. The number of rotatable bonds is 4. The van der Waals surface area contributed by atoms with Crippen LogP contribution in [0, 0.1) is 0 Å². The van der Waals surface area contributed by atoms with Gasteiger partial charge >= 0.3 is 5.97 Å². The molecule has 0 amide bonds. The van der Waals surface area contributed by atoms with E-state index in [1.807, 2.05) is 0 Å². The van der Waals surface area contributed by atoms with Gasteiger partial charge in [0.25, 0.3) is 0 Å². The molecule has 0 heterocycles. The third-order valence-electron chi connectivity index (χ3n) is 1.66. The maximum atomic E-state index is 10.2. The van der Waals surface area contributed by atoms with E-state index >= 15 is 0 Å². The SMILES string of the molecule is O=C(O)CC(O)N(O)c1ccccc1. The molecule has 0 aliphatic heterocycles. The molecule has 0 aliphatic rings. The first-order valence-corrected chi connectivity index (χ1v) is 4.04. The van der Waals surface area contributed by atoms with Crippen LogP contribution in [0.2, 0.25) is 0 Å². The van der Waals surface area contributed by atoms with Crippen molar-refractivity contribution in [2.24, 2.45) is 0 Å². The van der Waals surface area contributed by atoms with Crippen molar-refractivity contribution in [1.82, 2.24) is 0 Å². The van der Waals surface area contributed by atoms with Crippen LogP contribution in [-0.4, -0.2) is 27.6 Å². The molecule has 0 fully saturated rings. The molecule has 1 atom stereocenters. The fourth-order valence-electron chi connectivity index (χ4n) is 0.995. The monoisotopic (exact) mass is 197 g/mol. The first kappa shape index (κ1) is 10.5. The minimum Gasteiger partial charge on any atom is -0.481 e. The molecule has 0 aromatic heterocycles. The Morgan fingerprint density at radius 3 is 2.43 bits per heavy atom. The fraction of sp³-hybridized carbons (Fsp3) is 0.222. The molecule has 1 aromatic carbocycles. The Morgan fingerprint density at radius 1 is 1.36 bits per heavy atom. The van der Waals surface area contributed by atoms with Crippen molar-refractivity contribution in [3.05, 3.63) is 30.3 Å². The molecule has 1 unspecified atom stereocenters. The number of benzene rings is 1. The molecule has 0 saturated heterocycles. The van der Waals surface area contributed by atoms with Gasteiger partial charge in [-0.3, -0.25) is 10.0 Å². The minimum atomic E-state index is -1.44. The normalized spacial score (nSPS) is 12.1. The summed E-state index contributed by atoms with van der Waals surface area (Å²) in [5, 5.41) is 27.5. The van der Waals surface area contributed by atoms with E-state index in [1.54, 1.807) is 30.3 Å². The van der Waals surface area contributed by atoms with E-state index in [2.05, 4.69) is 0 Å². The summed E-state index contributed by atoms with van der Waals surface area (Å²) in [6.07, 6.45) is -1.97. The van der Waals surface area contributed by atoms with Crippen LogP contribution in [0.15, 0.2) is 30.3 Å². The van der Waals surface area contributed by atoms with Gasteiger partial charge in [-0.1, -0.05) is 18.2 Å². The topological polar surface area (TPSA) is 81.0 Å².